The normalized spacial score (nSPS) is 14.0. The molecule has 0 fully saturated rings. The molecule has 0 spiro atoms. The third-order valence-electron chi connectivity index (χ3n) is 1.12. The van der Waals surface area contributed by atoms with E-state index in [1.165, 1.54) is 0 Å². The van der Waals surface area contributed by atoms with E-state index in [1.54, 1.807) is 20.8 Å². The van der Waals surface area contributed by atoms with Crippen molar-refractivity contribution in [2.24, 2.45) is 0 Å². The van der Waals surface area contributed by atoms with E-state index in [9.17, 15) is 8.42 Å². The highest BCUT2D eigenvalue weighted by molar-refractivity contribution is 8.11. The summed E-state index contributed by atoms with van der Waals surface area (Å²) in [6.45, 7) is 5.15. The van der Waals surface area contributed by atoms with Crippen LogP contribution in [0.5, 0.6) is 0 Å². The summed E-state index contributed by atoms with van der Waals surface area (Å²) in [6, 6.07) is -0.130. The number of alkyl halides is 1. The van der Waals surface area contributed by atoms with Gasteiger partial charge in [-0.05, 0) is 20.8 Å². The molecule has 0 rings (SSSR count). The van der Waals surface area contributed by atoms with Crippen LogP contribution in [-0.2, 0) is 9.24 Å². The van der Waals surface area contributed by atoms with E-state index in [1.807, 2.05) is 0 Å². The van der Waals surface area contributed by atoms with Crippen LogP contribution in [0.1, 0.15) is 20.8 Å². The van der Waals surface area contributed by atoms with Crippen molar-refractivity contribution in [3.05, 3.63) is 0 Å². The first-order valence-corrected chi connectivity index (χ1v) is 5.78. The lowest BCUT2D eigenvalue weighted by atomic mass is 10.1. The van der Waals surface area contributed by atoms with Gasteiger partial charge in [0.05, 0.1) is 6.00 Å². The van der Waals surface area contributed by atoms with Crippen molar-refractivity contribution in [1.29, 1.82) is 0 Å². The maximum atomic E-state index is 10.8. The van der Waals surface area contributed by atoms with Crippen LogP contribution in [0.15, 0.2) is 0 Å². The highest BCUT2D eigenvalue weighted by Gasteiger charge is 2.30. The molecular formula is C5H11Cl2NO2S. The van der Waals surface area contributed by atoms with Crippen LogP contribution in [0, 0.1) is 0 Å². The fraction of sp³-hybridized carbons (Fsp3) is 1.00. The van der Waals surface area contributed by atoms with E-state index in [2.05, 4.69) is 0 Å². The summed E-state index contributed by atoms with van der Waals surface area (Å²) in [5.74, 6) is 0. The first kappa shape index (κ1) is 11.5. The topological polar surface area (TPSA) is 37.4 Å². The number of nitrogens with zero attached hydrogens (tertiary/aromatic N) is 1. The average molecular weight is 220 g/mol. The highest BCUT2D eigenvalue weighted by Crippen LogP contribution is 2.20. The second-order valence-electron chi connectivity index (χ2n) is 3.08. The van der Waals surface area contributed by atoms with Crippen LogP contribution >= 0.6 is 22.3 Å². The summed E-state index contributed by atoms with van der Waals surface area (Å²) in [5.41, 5.74) is -0.567. The first-order valence-electron chi connectivity index (χ1n) is 2.98. The fourth-order valence-electron chi connectivity index (χ4n) is 0.565. The van der Waals surface area contributed by atoms with Crippen LogP contribution in [-0.4, -0.2) is 24.3 Å². The number of halogens is 2. The standard InChI is InChI=1S/C5H11Cl2NO2S/c1-5(2,3)8(4-6)11(7,9)10/h4H2,1-3H3. The molecule has 0 heterocycles. The molecule has 0 saturated carbocycles. The van der Waals surface area contributed by atoms with Crippen molar-refractivity contribution in [3.8, 4) is 0 Å². The Morgan fingerprint density at radius 3 is 1.73 bits per heavy atom. The molecule has 0 amide bonds. The van der Waals surface area contributed by atoms with Gasteiger partial charge in [-0.2, -0.15) is 12.7 Å². The molecule has 0 saturated heterocycles. The Hall–Kier alpha value is 0.490. The van der Waals surface area contributed by atoms with Gasteiger partial charge >= 0.3 is 9.24 Å². The molecular weight excluding hydrogens is 209 g/mol. The summed E-state index contributed by atoms with van der Waals surface area (Å²) in [5, 5.41) is 0. The molecule has 0 unspecified atom stereocenters. The molecule has 3 nitrogen and oxygen atoms in total. The first-order chi connectivity index (χ1) is 4.69. The van der Waals surface area contributed by atoms with E-state index in [0.717, 1.165) is 4.31 Å². The minimum Gasteiger partial charge on any atom is -0.195 e. The lowest BCUT2D eigenvalue weighted by Gasteiger charge is -2.29. The van der Waals surface area contributed by atoms with Crippen molar-refractivity contribution in [1.82, 2.24) is 4.31 Å². The lowest BCUT2D eigenvalue weighted by Crippen LogP contribution is -2.42. The van der Waals surface area contributed by atoms with Gasteiger partial charge in [0.2, 0.25) is 0 Å². The van der Waals surface area contributed by atoms with E-state index < -0.39 is 14.8 Å². The quantitative estimate of drug-likeness (QED) is 0.404. The average Bonchev–Trinajstić information content (AvgIpc) is 1.56. The third-order valence-corrected chi connectivity index (χ3v) is 3.20. The third kappa shape index (κ3) is 3.60. The zero-order valence-electron chi connectivity index (χ0n) is 6.63. The van der Waals surface area contributed by atoms with Crippen LogP contribution in [0.4, 0.5) is 0 Å². The Balaban J connectivity index is 4.72. The summed E-state index contributed by atoms with van der Waals surface area (Å²) < 4.78 is 22.6. The molecule has 0 atom stereocenters. The molecule has 0 aliphatic carbocycles. The SMILES string of the molecule is CC(C)(C)N(CCl)S(=O)(=O)Cl. The lowest BCUT2D eigenvalue weighted by molar-refractivity contribution is 0.286. The van der Waals surface area contributed by atoms with Crippen molar-refractivity contribution in [3.63, 3.8) is 0 Å². The molecule has 0 bridgehead atoms. The van der Waals surface area contributed by atoms with Gasteiger partial charge in [-0.15, -0.1) is 11.6 Å². The maximum Gasteiger partial charge on any atom is 0.301 e. The second-order valence-corrected chi connectivity index (χ2v) is 5.75. The van der Waals surface area contributed by atoms with Crippen molar-refractivity contribution in [2.45, 2.75) is 26.3 Å². The summed E-state index contributed by atoms with van der Waals surface area (Å²) in [6.07, 6.45) is 0. The molecule has 0 aliphatic heterocycles. The number of hydrogen-bond donors (Lipinski definition) is 0. The zero-order chi connectivity index (χ0) is 9.28. The summed E-state index contributed by atoms with van der Waals surface area (Å²) >= 11 is 5.40. The van der Waals surface area contributed by atoms with Gasteiger partial charge in [0.15, 0.2) is 0 Å². The van der Waals surface area contributed by atoms with E-state index in [0.29, 0.717) is 0 Å². The van der Waals surface area contributed by atoms with Gasteiger partial charge in [0, 0.05) is 16.2 Å². The van der Waals surface area contributed by atoms with Crippen molar-refractivity contribution < 1.29 is 8.42 Å². The molecule has 11 heavy (non-hydrogen) atoms. The molecule has 6 heteroatoms. The van der Waals surface area contributed by atoms with Crippen molar-refractivity contribution in [2.75, 3.05) is 6.00 Å². The molecule has 0 aromatic carbocycles. The Labute approximate surface area is 76.8 Å². The fourth-order valence-corrected chi connectivity index (χ4v) is 3.00. The molecule has 0 aliphatic rings. The predicted octanol–water partition coefficient (Wildman–Crippen LogP) is 1.77. The second kappa shape index (κ2) is 3.47. The number of hydrogen-bond acceptors (Lipinski definition) is 2. The molecule has 0 aromatic rings. The van der Waals surface area contributed by atoms with E-state index in [4.69, 9.17) is 22.3 Å². The van der Waals surface area contributed by atoms with Gasteiger partial charge in [-0.3, -0.25) is 0 Å². The van der Waals surface area contributed by atoms with Gasteiger partial charge in [0.25, 0.3) is 0 Å². The van der Waals surface area contributed by atoms with Gasteiger partial charge in [-0.1, -0.05) is 0 Å². The zero-order valence-corrected chi connectivity index (χ0v) is 8.96. The molecule has 0 N–H and O–H groups in total. The minimum atomic E-state index is -3.70. The maximum absolute atomic E-state index is 10.8. The Morgan fingerprint density at radius 2 is 1.73 bits per heavy atom. The number of rotatable bonds is 2. The van der Waals surface area contributed by atoms with Gasteiger partial charge in [-0.25, -0.2) is 0 Å². The Kier molecular flexibility index (Phi) is 3.63. The van der Waals surface area contributed by atoms with Crippen LogP contribution in [0.2, 0.25) is 0 Å². The Bertz CT molecular complexity index is 219. The monoisotopic (exact) mass is 219 g/mol. The largest absolute Gasteiger partial charge is 0.301 e. The summed E-state index contributed by atoms with van der Waals surface area (Å²) in [7, 11) is 1.40. The molecule has 0 aromatic heterocycles. The van der Waals surface area contributed by atoms with Crippen molar-refractivity contribution >= 4 is 31.5 Å². The molecule has 0 radical (unpaired) electrons. The van der Waals surface area contributed by atoms with Gasteiger partial charge in [0.1, 0.15) is 0 Å². The molecule has 68 valence electrons. The minimum absolute atomic E-state index is 0.130. The smallest absolute Gasteiger partial charge is 0.195 e. The predicted molar refractivity (Wildman–Crippen MR) is 47.1 cm³/mol. The van der Waals surface area contributed by atoms with Crippen LogP contribution < -0.4 is 0 Å². The van der Waals surface area contributed by atoms with E-state index in [-0.39, 0.29) is 6.00 Å². The van der Waals surface area contributed by atoms with Crippen LogP contribution in [0.25, 0.3) is 0 Å². The highest BCUT2D eigenvalue weighted by atomic mass is 35.7. The van der Waals surface area contributed by atoms with E-state index >= 15 is 0 Å². The Morgan fingerprint density at radius 1 is 1.36 bits per heavy atom. The van der Waals surface area contributed by atoms with Crippen LogP contribution in [0.3, 0.4) is 0 Å². The summed E-state index contributed by atoms with van der Waals surface area (Å²) in [4.78, 5) is 0. The van der Waals surface area contributed by atoms with Gasteiger partial charge < -0.3 is 0 Å².